The fourth-order valence-corrected chi connectivity index (χ4v) is 5.93. The van der Waals surface area contributed by atoms with Crippen LogP contribution in [0.5, 0.6) is 0 Å². The smallest absolute Gasteiger partial charge is 0.273 e. The predicted molar refractivity (Wildman–Crippen MR) is 151 cm³/mol. The Hall–Kier alpha value is -4.71. The molecule has 1 saturated heterocycles. The number of aliphatic hydroxyl groups excluding tert-OH is 1. The lowest BCUT2D eigenvalue weighted by atomic mass is 9.93. The van der Waals surface area contributed by atoms with Gasteiger partial charge in [0.2, 0.25) is 0 Å². The molecule has 5 heterocycles. The quantitative estimate of drug-likeness (QED) is 0.352. The third kappa shape index (κ3) is 4.38. The van der Waals surface area contributed by atoms with E-state index in [1.165, 1.54) is 16.1 Å². The number of nitrogens with zero attached hydrogens (tertiary/aromatic N) is 8. The van der Waals surface area contributed by atoms with Gasteiger partial charge in [-0.2, -0.15) is 5.10 Å². The molecule has 12 heteroatoms. The number of hydrogen-bond acceptors (Lipinski definition) is 7. The molecular weight excluding hydrogens is 542 g/mol. The number of β-amino-alcohol motifs (C(OH)–C–C–N with tert-alkyl or cyclic N) is 1. The van der Waals surface area contributed by atoms with Gasteiger partial charge in [-0.3, -0.25) is 9.48 Å². The van der Waals surface area contributed by atoms with Crippen molar-refractivity contribution >= 4 is 17.2 Å². The fraction of sp³-hybridized carbons (Fsp3) is 0.300. The molecule has 3 atom stereocenters. The van der Waals surface area contributed by atoms with Gasteiger partial charge in [0.05, 0.1) is 30.2 Å². The summed E-state index contributed by atoms with van der Waals surface area (Å²) in [4.78, 5) is 22.0. The largest absolute Gasteiger partial charge is 0.388 e. The highest BCUT2D eigenvalue weighted by molar-refractivity contribution is 5.94. The lowest BCUT2D eigenvalue weighted by molar-refractivity contribution is 0.0672. The molecule has 2 aromatic carbocycles. The molecule has 0 aliphatic carbocycles. The molecule has 1 amide bonds. The van der Waals surface area contributed by atoms with Gasteiger partial charge < -0.3 is 14.9 Å². The number of halogens is 2. The minimum atomic E-state index is -1.38. The Morgan fingerprint density at radius 3 is 2.64 bits per heavy atom. The third-order valence-electron chi connectivity index (χ3n) is 8.18. The molecule has 1 N–H and O–H groups in total. The highest BCUT2D eigenvalue weighted by Gasteiger charge is 2.32. The van der Waals surface area contributed by atoms with Crippen LogP contribution in [0.2, 0.25) is 0 Å². The van der Waals surface area contributed by atoms with Gasteiger partial charge in [0, 0.05) is 37.5 Å². The Morgan fingerprint density at radius 1 is 1.07 bits per heavy atom. The zero-order valence-corrected chi connectivity index (χ0v) is 23.0. The average Bonchev–Trinajstić information content (AvgIpc) is 3.70. The summed E-state index contributed by atoms with van der Waals surface area (Å²) in [6, 6.07) is 15.8. The number of carbonyl (C=O) groups is 1. The topological polar surface area (TPSA) is 105 Å². The van der Waals surface area contributed by atoms with Crippen molar-refractivity contribution in [3.8, 4) is 22.6 Å². The van der Waals surface area contributed by atoms with Crippen molar-refractivity contribution in [2.45, 2.75) is 31.7 Å². The third-order valence-corrected chi connectivity index (χ3v) is 8.18. The van der Waals surface area contributed by atoms with Crippen LogP contribution in [0.3, 0.4) is 0 Å². The molecule has 214 valence electrons. The van der Waals surface area contributed by atoms with Crippen LogP contribution in [0.15, 0.2) is 60.8 Å². The van der Waals surface area contributed by atoms with Gasteiger partial charge in [-0.25, -0.2) is 18.3 Å². The summed E-state index contributed by atoms with van der Waals surface area (Å²) in [5.74, 6) is -0.771. The van der Waals surface area contributed by atoms with E-state index >= 15 is 4.39 Å². The summed E-state index contributed by atoms with van der Waals surface area (Å²) in [5, 5.41) is 22.7. The average molecular weight is 571 g/mol. The summed E-state index contributed by atoms with van der Waals surface area (Å²) < 4.78 is 32.3. The van der Waals surface area contributed by atoms with E-state index in [9.17, 15) is 14.3 Å². The molecule has 0 unspecified atom stereocenters. The highest BCUT2D eigenvalue weighted by atomic mass is 19.1. The maximum atomic E-state index is 15.4. The summed E-state index contributed by atoms with van der Waals surface area (Å²) in [7, 11) is 1.74. The maximum absolute atomic E-state index is 15.4. The molecule has 0 saturated carbocycles. The SMILES string of the molecule is C[C@@H]1c2ccccc2CCN1C(=O)c1cc(-c2cn(C)nn2)n2nc(-c3ccc(N4C[C@@H](O)[C@H](F)C4)cc3F)cc2n1. The van der Waals surface area contributed by atoms with Crippen LogP contribution in [0, 0.1) is 5.82 Å². The second-order valence-corrected chi connectivity index (χ2v) is 10.9. The van der Waals surface area contributed by atoms with E-state index in [2.05, 4.69) is 26.5 Å². The monoisotopic (exact) mass is 570 g/mol. The predicted octanol–water partition coefficient (Wildman–Crippen LogP) is 3.61. The van der Waals surface area contributed by atoms with Crippen molar-refractivity contribution < 1.29 is 18.7 Å². The second-order valence-electron chi connectivity index (χ2n) is 10.9. The lowest BCUT2D eigenvalue weighted by Gasteiger charge is -2.35. The van der Waals surface area contributed by atoms with Gasteiger partial charge >= 0.3 is 0 Å². The van der Waals surface area contributed by atoms with Crippen molar-refractivity contribution in [1.82, 2.24) is 34.5 Å². The second kappa shape index (κ2) is 9.98. The van der Waals surface area contributed by atoms with Crippen molar-refractivity contribution in [3.05, 3.63) is 83.4 Å². The molecule has 7 rings (SSSR count). The molecule has 0 spiro atoms. The van der Waals surface area contributed by atoms with Gasteiger partial charge in [0.1, 0.15) is 29.5 Å². The number of anilines is 1. The van der Waals surface area contributed by atoms with Crippen LogP contribution in [-0.4, -0.2) is 77.4 Å². The van der Waals surface area contributed by atoms with E-state index < -0.39 is 18.1 Å². The molecule has 10 nitrogen and oxygen atoms in total. The van der Waals surface area contributed by atoms with Crippen molar-refractivity contribution in [2.24, 2.45) is 7.05 Å². The first-order valence-corrected chi connectivity index (χ1v) is 13.8. The number of amides is 1. The zero-order chi connectivity index (χ0) is 29.1. The molecule has 0 bridgehead atoms. The number of benzene rings is 2. The number of aliphatic hydroxyl groups is 1. The molecule has 2 aliphatic heterocycles. The Kier molecular flexibility index (Phi) is 6.23. The summed E-state index contributed by atoms with van der Waals surface area (Å²) in [5.41, 5.74) is 4.91. The number of fused-ring (bicyclic) bond motifs is 2. The van der Waals surface area contributed by atoms with Crippen LogP contribution in [0.1, 0.15) is 34.6 Å². The number of aromatic nitrogens is 6. The van der Waals surface area contributed by atoms with Crippen LogP contribution in [0.4, 0.5) is 14.5 Å². The molecular formula is C30H28F2N8O2. The van der Waals surface area contributed by atoms with Crippen molar-refractivity contribution in [1.29, 1.82) is 0 Å². The minimum absolute atomic E-state index is 0.00225. The van der Waals surface area contributed by atoms with Crippen LogP contribution in [0.25, 0.3) is 28.3 Å². The molecule has 42 heavy (non-hydrogen) atoms. The van der Waals surface area contributed by atoms with Crippen molar-refractivity contribution in [3.63, 3.8) is 0 Å². The Morgan fingerprint density at radius 2 is 1.90 bits per heavy atom. The Bertz CT molecular complexity index is 1830. The van der Waals surface area contributed by atoms with E-state index in [0.717, 1.165) is 12.0 Å². The zero-order valence-electron chi connectivity index (χ0n) is 23.0. The van der Waals surface area contributed by atoms with Gasteiger partial charge in [-0.1, -0.05) is 29.5 Å². The van der Waals surface area contributed by atoms with E-state index in [-0.39, 0.29) is 36.3 Å². The van der Waals surface area contributed by atoms with E-state index in [1.807, 2.05) is 30.0 Å². The number of hydrogen-bond donors (Lipinski definition) is 1. The first-order valence-electron chi connectivity index (χ1n) is 13.8. The standard InChI is InChI=1S/C30H28F2N8O2/c1-17-20-6-4-3-5-18(20)9-10-39(17)30(42)25-12-27(26-15-37(2)36-34-26)40-29(33-25)13-24(35-40)21-8-7-19(11-22(21)31)38-14-23(32)28(41)16-38/h3-8,11-13,15,17,23,28,41H,9-10,14,16H2,1-2H3/t17-,23-,28-/m1/s1. The molecule has 2 aliphatic rings. The number of alkyl halides is 1. The normalized spacial score (nSPS) is 20.4. The Balaban J connectivity index is 1.28. The lowest BCUT2D eigenvalue weighted by Crippen LogP contribution is -2.39. The first-order chi connectivity index (χ1) is 20.3. The fourth-order valence-electron chi connectivity index (χ4n) is 5.93. The van der Waals surface area contributed by atoms with Gasteiger partial charge in [-0.15, -0.1) is 5.10 Å². The van der Waals surface area contributed by atoms with E-state index in [1.54, 1.807) is 47.1 Å². The maximum Gasteiger partial charge on any atom is 0.273 e. The van der Waals surface area contributed by atoms with Crippen LogP contribution in [-0.2, 0) is 13.5 Å². The highest BCUT2D eigenvalue weighted by Crippen LogP contribution is 2.33. The minimum Gasteiger partial charge on any atom is -0.388 e. The summed E-state index contributed by atoms with van der Waals surface area (Å²) in [6.45, 7) is 2.66. The Labute approximate surface area is 239 Å². The van der Waals surface area contributed by atoms with Gasteiger partial charge in [0.15, 0.2) is 5.65 Å². The first kappa shape index (κ1) is 26.2. The molecule has 3 aromatic heterocycles. The number of carbonyl (C=O) groups excluding carboxylic acids is 1. The summed E-state index contributed by atoms with van der Waals surface area (Å²) in [6.07, 6.45) is -0.0186. The van der Waals surface area contributed by atoms with Crippen LogP contribution >= 0.6 is 0 Å². The van der Waals surface area contributed by atoms with E-state index in [0.29, 0.717) is 35.0 Å². The van der Waals surface area contributed by atoms with Crippen molar-refractivity contribution in [2.75, 3.05) is 24.5 Å². The molecule has 1 fully saturated rings. The van der Waals surface area contributed by atoms with Gasteiger partial charge in [0.25, 0.3) is 5.91 Å². The summed E-state index contributed by atoms with van der Waals surface area (Å²) >= 11 is 0. The number of aryl methyl sites for hydroxylation is 1. The van der Waals surface area contributed by atoms with E-state index in [4.69, 9.17) is 0 Å². The number of rotatable bonds is 4. The van der Waals surface area contributed by atoms with Gasteiger partial charge in [-0.05, 0) is 48.7 Å². The molecule has 0 radical (unpaired) electrons. The van der Waals surface area contributed by atoms with Crippen LogP contribution < -0.4 is 4.90 Å². The molecule has 5 aromatic rings.